The number of aromatic nitrogens is 2. The Morgan fingerprint density at radius 1 is 0.944 bits per heavy atom. The van der Waals surface area contributed by atoms with E-state index in [1.54, 1.807) is 0 Å². The number of aryl methyl sites for hydroxylation is 1. The van der Waals surface area contributed by atoms with Crippen molar-refractivity contribution in [2.45, 2.75) is 25.7 Å². The van der Waals surface area contributed by atoms with Crippen molar-refractivity contribution in [2.24, 2.45) is 7.05 Å². The summed E-state index contributed by atoms with van der Waals surface area (Å²) < 4.78 is 1.89. The molecule has 0 atom stereocenters. The number of hydrogen-bond donors (Lipinski definition) is 0. The standard InChI is InChI=1S/C16H18N2/c1-18-12-14(11-17-18)16-10-6-5-9-15(16)13-7-3-2-4-8-13/h2-4,7-8,11-12H,5-6,9-10H2,1H3. The summed E-state index contributed by atoms with van der Waals surface area (Å²) >= 11 is 0. The molecule has 0 saturated carbocycles. The molecule has 0 saturated heterocycles. The van der Waals surface area contributed by atoms with Crippen LogP contribution < -0.4 is 0 Å². The number of rotatable bonds is 2. The minimum absolute atomic E-state index is 1.18. The van der Waals surface area contributed by atoms with Crippen LogP contribution in [0.25, 0.3) is 11.1 Å². The smallest absolute Gasteiger partial charge is 0.0565 e. The summed E-state index contributed by atoms with van der Waals surface area (Å²) in [4.78, 5) is 0. The fourth-order valence-corrected chi connectivity index (χ4v) is 2.76. The molecule has 1 aliphatic carbocycles. The van der Waals surface area contributed by atoms with Gasteiger partial charge in [0, 0.05) is 18.8 Å². The van der Waals surface area contributed by atoms with Gasteiger partial charge in [-0.1, -0.05) is 30.3 Å². The predicted molar refractivity (Wildman–Crippen MR) is 74.9 cm³/mol. The van der Waals surface area contributed by atoms with E-state index >= 15 is 0 Å². The van der Waals surface area contributed by atoms with E-state index in [1.165, 1.54) is 48.0 Å². The van der Waals surface area contributed by atoms with Crippen LogP contribution in [0.2, 0.25) is 0 Å². The lowest BCUT2D eigenvalue weighted by molar-refractivity contribution is 0.752. The van der Waals surface area contributed by atoms with Gasteiger partial charge >= 0.3 is 0 Å². The third kappa shape index (κ3) is 2.10. The summed E-state index contributed by atoms with van der Waals surface area (Å²) in [6.07, 6.45) is 9.08. The Kier molecular flexibility index (Phi) is 3.01. The van der Waals surface area contributed by atoms with Crippen molar-refractivity contribution in [1.29, 1.82) is 0 Å². The molecule has 0 aliphatic heterocycles. The molecule has 3 rings (SSSR count). The highest BCUT2D eigenvalue weighted by atomic mass is 15.2. The topological polar surface area (TPSA) is 17.8 Å². The van der Waals surface area contributed by atoms with E-state index in [2.05, 4.69) is 41.6 Å². The second-order valence-electron chi connectivity index (χ2n) is 4.93. The van der Waals surface area contributed by atoms with Gasteiger partial charge in [0.15, 0.2) is 0 Å². The maximum atomic E-state index is 4.30. The zero-order valence-corrected chi connectivity index (χ0v) is 10.8. The van der Waals surface area contributed by atoms with Crippen LogP contribution in [0.5, 0.6) is 0 Å². The van der Waals surface area contributed by atoms with Crippen molar-refractivity contribution in [3.05, 3.63) is 53.9 Å². The van der Waals surface area contributed by atoms with Crippen molar-refractivity contribution in [2.75, 3.05) is 0 Å². The number of nitrogens with zero attached hydrogens (tertiary/aromatic N) is 2. The molecule has 2 nitrogen and oxygen atoms in total. The van der Waals surface area contributed by atoms with Crippen LogP contribution in [-0.4, -0.2) is 9.78 Å². The van der Waals surface area contributed by atoms with Gasteiger partial charge < -0.3 is 0 Å². The van der Waals surface area contributed by atoms with E-state index in [0.717, 1.165) is 0 Å². The summed E-state index contributed by atoms with van der Waals surface area (Å²) in [7, 11) is 1.98. The van der Waals surface area contributed by atoms with Crippen LogP contribution in [0.4, 0.5) is 0 Å². The molecule has 0 unspecified atom stereocenters. The van der Waals surface area contributed by atoms with Crippen molar-refractivity contribution in [1.82, 2.24) is 9.78 Å². The minimum atomic E-state index is 1.18. The molecule has 92 valence electrons. The first kappa shape index (κ1) is 11.3. The minimum Gasteiger partial charge on any atom is -0.275 e. The molecular weight excluding hydrogens is 220 g/mol. The third-order valence-corrected chi connectivity index (χ3v) is 3.64. The fraction of sp³-hybridized carbons (Fsp3) is 0.312. The maximum absolute atomic E-state index is 4.30. The number of benzene rings is 1. The summed E-state index contributed by atoms with van der Waals surface area (Å²) in [6.45, 7) is 0. The molecule has 0 N–H and O–H groups in total. The second-order valence-corrected chi connectivity index (χ2v) is 4.93. The second kappa shape index (κ2) is 4.81. The Labute approximate surface area is 108 Å². The van der Waals surface area contributed by atoms with Crippen LogP contribution in [0, 0.1) is 0 Å². The molecule has 0 amide bonds. The van der Waals surface area contributed by atoms with Crippen LogP contribution in [0.15, 0.2) is 42.7 Å². The van der Waals surface area contributed by atoms with Gasteiger partial charge in [-0.15, -0.1) is 0 Å². The van der Waals surface area contributed by atoms with E-state index in [9.17, 15) is 0 Å². The monoisotopic (exact) mass is 238 g/mol. The molecule has 0 spiro atoms. The van der Waals surface area contributed by atoms with Gasteiger partial charge in [0.25, 0.3) is 0 Å². The number of allylic oxidation sites excluding steroid dienone is 2. The van der Waals surface area contributed by atoms with Crippen molar-refractivity contribution >= 4 is 11.1 Å². The van der Waals surface area contributed by atoms with Gasteiger partial charge in [-0.3, -0.25) is 4.68 Å². The van der Waals surface area contributed by atoms with Crippen LogP contribution in [0.3, 0.4) is 0 Å². The Hall–Kier alpha value is -1.83. The lowest BCUT2D eigenvalue weighted by Crippen LogP contribution is -1.98. The summed E-state index contributed by atoms with van der Waals surface area (Å²) in [6, 6.07) is 10.8. The fourth-order valence-electron chi connectivity index (χ4n) is 2.76. The molecule has 18 heavy (non-hydrogen) atoms. The maximum Gasteiger partial charge on any atom is 0.0565 e. The first-order chi connectivity index (χ1) is 8.84. The zero-order chi connectivity index (χ0) is 12.4. The largest absolute Gasteiger partial charge is 0.275 e. The Morgan fingerprint density at radius 2 is 1.61 bits per heavy atom. The van der Waals surface area contributed by atoms with Crippen molar-refractivity contribution < 1.29 is 0 Å². The molecule has 1 aromatic carbocycles. The third-order valence-electron chi connectivity index (χ3n) is 3.64. The molecule has 0 bridgehead atoms. The Balaban J connectivity index is 2.09. The molecule has 0 radical (unpaired) electrons. The van der Waals surface area contributed by atoms with Gasteiger partial charge in [0.2, 0.25) is 0 Å². The molecule has 1 heterocycles. The lowest BCUT2D eigenvalue weighted by atomic mass is 9.85. The summed E-state index contributed by atoms with van der Waals surface area (Å²) in [5.41, 5.74) is 5.66. The van der Waals surface area contributed by atoms with Crippen molar-refractivity contribution in [3.63, 3.8) is 0 Å². The normalized spacial score (nSPS) is 16.1. The highest BCUT2D eigenvalue weighted by molar-refractivity contribution is 5.91. The van der Waals surface area contributed by atoms with Crippen LogP contribution in [0.1, 0.15) is 36.8 Å². The lowest BCUT2D eigenvalue weighted by Gasteiger charge is -2.20. The van der Waals surface area contributed by atoms with E-state index in [1.807, 2.05) is 17.9 Å². The molecule has 2 heteroatoms. The molecule has 2 aromatic rings. The average molecular weight is 238 g/mol. The first-order valence-electron chi connectivity index (χ1n) is 6.61. The summed E-state index contributed by atoms with van der Waals surface area (Å²) in [5, 5.41) is 4.30. The van der Waals surface area contributed by atoms with E-state index in [-0.39, 0.29) is 0 Å². The van der Waals surface area contributed by atoms with Gasteiger partial charge in [-0.25, -0.2) is 0 Å². The molecule has 0 fully saturated rings. The van der Waals surface area contributed by atoms with E-state index in [4.69, 9.17) is 0 Å². The van der Waals surface area contributed by atoms with Gasteiger partial charge in [0.1, 0.15) is 0 Å². The summed E-state index contributed by atoms with van der Waals surface area (Å²) in [5.74, 6) is 0. The van der Waals surface area contributed by atoms with Crippen LogP contribution >= 0.6 is 0 Å². The quantitative estimate of drug-likeness (QED) is 0.775. The predicted octanol–water partition coefficient (Wildman–Crippen LogP) is 3.90. The highest BCUT2D eigenvalue weighted by Gasteiger charge is 2.16. The van der Waals surface area contributed by atoms with E-state index < -0.39 is 0 Å². The van der Waals surface area contributed by atoms with E-state index in [0.29, 0.717) is 0 Å². The Morgan fingerprint density at radius 3 is 2.22 bits per heavy atom. The average Bonchev–Trinajstić information content (AvgIpc) is 2.86. The van der Waals surface area contributed by atoms with Crippen molar-refractivity contribution in [3.8, 4) is 0 Å². The van der Waals surface area contributed by atoms with Gasteiger partial charge in [0.05, 0.1) is 6.20 Å². The first-order valence-corrected chi connectivity index (χ1v) is 6.61. The highest BCUT2D eigenvalue weighted by Crippen LogP contribution is 2.37. The zero-order valence-electron chi connectivity index (χ0n) is 10.8. The molecule has 1 aromatic heterocycles. The van der Waals surface area contributed by atoms with Crippen LogP contribution in [-0.2, 0) is 7.05 Å². The molecular formula is C16H18N2. The van der Waals surface area contributed by atoms with Gasteiger partial charge in [-0.2, -0.15) is 5.10 Å². The van der Waals surface area contributed by atoms with Gasteiger partial charge in [-0.05, 0) is 42.4 Å². The Bertz CT molecular complexity index is 564. The SMILES string of the molecule is Cn1cc(C2=C(c3ccccc3)CCCC2)cn1. The molecule has 1 aliphatic rings. The number of hydrogen-bond acceptors (Lipinski definition) is 1.